The molecule has 0 bridgehead atoms. The second-order valence-electron chi connectivity index (χ2n) is 3.48. The number of hydrogen-bond acceptors (Lipinski definition) is 4. The summed E-state index contributed by atoms with van der Waals surface area (Å²) in [4.78, 5) is 10.5. The number of carbonyl (C=O) groups is 1. The van der Waals surface area contributed by atoms with E-state index in [4.69, 9.17) is 5.11 Å². The highest BCUT2D eigenvalue weighted by atomic mass is 19.4. The Kier molecular flexibility index (Phi) is 4.57. The molecular formula is C8H7F6N3O3. The van der Waals surface area contributed by atoms with Crippen LogP contribution in [0.4, 0.5) is 26.3 Å². The van der Waals surface area contributed by atoms with E-state index in [0.717, 1.165) is 0 Å². The van der Waals surface area contributed by atoms with Gasteiger partial charge < -0.3 is 9.84 Å². The number of alkyl halides is 6. The Morgan fingerprint density at radius 1 is 1.25 bits per heavy atom. The molecule has 6 nitrogen and oxygen atoms in total. The standard InChI is InChI=1S/C8H7F6N3O3/c9-7(10,11)3-20-2-1-17-5(8(12,13)14)4(6(18)19)15-16-17/h1-3H2,(H,18,19). The maximum Gasteiger partial charge on any atom is 0.435 e. The fourth-order valence-electron chi connectivity index (χ4n) is 1.23. The molecule has 0 aliphatic rings. The number of carboxylic acids is 1. The number of aromatic nitrogens is 3. The van der Waals surface area contributed by atoms with Gasteiger partial charge in [0.25, 0.3) is 0 Å². The Morgan fingerprint density at radius 3 is 2.30 bits per heavy atom. The van der Waals surface area contributed by atoms with E-state index in [1.54, 1.807) is 0 Å². The van der Waals surface area contributed by atoms with E-state index in [1.807, 2.05) is 0 Å². The molecule has 0 spiro atoms. The van der Waals surface area contributed by atoms with Gasteiger partial charge in [-0.2, -0.15) is 26.3 Å². The Balaban J connectivity index is 2.79. The summed E-state index contributed by atoms with van der Waals surface area (Å²) < 4.78 is 77.3. The highest BCUT2D eigenvalue weighted by molar-refractivity contribution is 5.86. The number of ether oxygens (including phenoxy) is 1. The first kappa shape index (κ1) is 16.2. The second kappa shape index (κ2) is 5.64. The molecule has 0 aliphatic heterocycles. The molecule has 0 unspecified atom stereocenters. The lowest BCUT2D eigenvalue weighted by atomic mass is 10.3. The van der Waals surface area contributed by atoms with Crippen molar-refractivity contribution in [1.82, 2.24) is 15.0 Å². The first-order chi connectivity index (χ1) is 9.02. The number of halogens is 6. The fourth-order valence-corrected chi connectivity index (χ4v) is 1.23. The summed E-state index contributed by atoms with van der Waals surface area (Å²) in [6, 6.07) is 0. The van der Waals surface area contributed by atoms with Crippen LogP contribution in [0.1, 0.15) is 16.2 Å². The molecule has 0 aliphatic carbocycles. The highest BCUT2D eigenvalue weighted by Crippen LogP contribution is 2.31. The third-order valence-corrected chi connectivity index (χ3v) is 1.92. The Hall–Kier alpha value is -1.85. The van der Waals surface area contributed by atoms with Crippen LogP contribution < -0.4 is 0 Å². The van der Waals surface area contributed by atoms with E-state index < -0.39 is 49.5 Å². The van der Waals surface area contributed by atoms with Crippen molar-refractivity contribution in [3.8, 4) is 0 Å². The van der Waals surface area contributed by atoms with Crippen LogP contribution in [0.2, 0.25) is 0 Å². The molecule has 0 fully saturated rings. The van der Waals surface area contributed by atoms with Crippen LogP contribution in [0.15, 0.2) is 0 Å². The molecule has 0 saturated heterocycles. The first-order valence-electron chi connectivity index (χ1n) is 4.91. The minimum absolute atomic E-state index is 0.139. The van der Waals surface area contributed by atoms with E-state index in [9.17, 15) is 31.1 Å². The number of carboxylic acid groups (broad SMARTS) is 1. The van der Waals surface area contributed by atoms with Crippen molar-refractivity contribution in [2.75, 3.05) is 13.2 Å². The van der Waals surface area contributed by atoms with Crippen molar-refractivity contribution in [3.05, 3.63) is 11.4 Å². The number of hydrogen-bond donors (Lipinski definition) is 1. The maximum absolute atomic E-state index is 12.6. The normalized spacial score (nSPS) is 12.7. The summed E-state index contributed by atoms with van der Waals surface area (Å²) in [6.45, 7) is -3.08. The smallest absolute Gasteiger partial charge is 0.435 e. The molecule has 0 saturated carbocycles. The van der Waals surface area contributed by atoms with Crippen LogP contribution in [0.5, 0.6) is 0 Å². The van der Waals surface area contributed by atoms with Gasteiger partial charge in [-0.1, -0.05) is 5.21 Å². The molecule has 0 amide bonds. The van der Waals surface area contributed by atoms with Crippen molar-refractivity contribution >= 4 is 5.97 Å². The molecule has 1 heterocycles. The van der Waals surface area contributed by atoms with Gasteiger partial charge in [-0.05, 0) is 0 Å². The molecule has 12 heteroatoms. The molecule has 0 atom stereocenters. The van der Waals surface area contributed by atoms with Gasteiger partial charge in [0.1, 0.15) is 6.61 Å². The number of aromatic carboxylic acids is 1. The zero-order chi connectivity index (χ0) is 15.6. The summed E-state index contributed by atoms with van der Waals surface area (Å²) in [5.74, 6) is -1.94. The largest absolute Gasteiger partial charge is 0.476 e. The average Bonchev–Trinajstić information content (AvgIpc) is 2.66. The quantitative estimate of drug-likeness (QED) is 0.660. The Bertz CT molecular complexity index is 481. The van der Waals surface area contributed by atoms with Crippen molar-refractivity contribution in [2.24, 2.45) is 0 Å². The van der Waals surface area contributed by atoms with Gasteiger partial charge >= 0.3 is 18.3 Å². The lowest BCUT2D eigenvalue weighted by Gasteiger charge is -2.11. The summed E-state index contributed by atoms with van der Waals surface area (Å²) >= 11 is 0. The molecule has 1 N–H and O–H groups in total. The predicted octanol–water partition coefficient (Wildman–Crippen LogP) is 1.57. The van der Waals surface area contributed by atoms with E-state index in [-0.39, 0.29) is 4.68 Å². The van der Waals surface area contributed by atoms with E-state index in [2.05, 4.69) is 15.0 Å². The Labute approximate surface area is 106 Å². The first-order valence-corrected chi connectivity index (χ1v) is 4.91. The Morgan fingerprint density at radius 2 is 1.85 bits per heavy atom. The SMILES string of the molecule is O=C(O)c1nnn(CCOCC(F)(F)F)c1C(F)(F)F. The summed E-state index contributed by atoms with van der Waals surface area (Å²) in [6.07, 6.45) is -9.66. The van der Waals surface area contributed by atoms with Crippen molar-refractivity contribution < 1.29 is 41.0 Å². The van der Waals surface area contributed by atoms with Crippen LogP contribution in [0, 0.1) is 0 Å². The lowest BCUT2D eigenvalue weighted by Crippen LogP contribution is -2.22. The van der Waals surface area contributed by atoms with Crippen LogP contribution in [-0.4, -0.2) is 45.5 Å². The minimum Gasteiger partial charge on any atom is -0.476 e. The second-order valence-corrected chi connectivity index (χ2v) is 3.48. The molecule has 114 valence electrons. The monoisotopic (exact) mass is 307 g/mol. The zero-order valence-corrected chi connectivity index (χ0v) is 9.49. The predicted molar refractivity (Wildman–Crippen MR) is 48.9 cm³/mol. The van der Waals surface area contributed by atoms with Gasteiger partial charge in [-0.3, -0.25) is 0 Å². The highest BCUT2D eigenvalue weighted by Gasteiger charge is 2.41. The molecule has 1 aromatic rings. The molecule has 20 heavy (non-hydrogen) atoms. The van der Waals surface area contributed by atoms with E-state index in [0.29, 0.717) is 0 Å². The zero-order valence-electron chi connectivity index (χ0n) is 9.49. The van der Waals surface area contributed by atoms with Crippen molar-refractivity contribution in [2.45, 2.75) is 18.9 Å². The topological polar surface area (TPSA) is 77.2 Å². The van der Waals surface area contributed by atoms with Crippen molar-refractivity contribution in [3.63, 3.8) is 0 Å². The number of nitrogens with zero attached hydrogens (tertiary/aromatic N) is 3. The molecular weight excluding hydrogens is 300 g/mol. The molecule has 1 aromatic heterocycles. The van der Waals surface area contributed by atoms with Gasteiger partial charge in [0.05, 0.1) is 13.2 Å². The van der Waals surface area contributed by atoms with Crippen LogP contribution in [0.3, 0.4) is 0 Å². The summed E-state index contributed by atoms with van der Waals surface area (Å²) in [5, 5.41) is 14.3. The number of rotatable bonds is 5. The van der Waals surface area contributed by atoms with Gasteiger partial charge in [0.2, 0.25) is 5.69 Å². The summed E-state index contributed by atoms with van der Waals surface area (Å²) in [7, 11) is 0. The lowest BCUT2D eigenvalue weighted by molar-refractivity contribution is -0.175. The van der Waals surface area contributed by atoms with Crippen molar-refractivity contribution in [1.29, 1.82) is 0 Å². The molecule has 1 rings (SSSR count). The minimum atomic E-state index is -5.05. The van der Waals surface area contributed by atoms with Gasteiger partial charge in [0.15, 0.2) is 5.69 Å². The van der Waals surface area contributed by atoms with Crippen LogP contribution in [0.25, 0.3) is 0 Å². The molecule has 0 aromatic carbocycles. The summed E-state index contributed by atoms with van der Waals surface area (Å²) in [5.41, 5.74) is -2.98. The maximum atomic E-state index is 12.6. The van der Waals surface area contributed by atoms with Gasteiger partial charge in [-0.15, -0.1) is 5.10 Å². The third kappa shape index (κ3) is 4.36. The van der Waals surface area contributed by atoms with Gasteiger partial charge in [-0.25, -0.2) is 9.48 Å². The van der Waals surface area contributed by atoms with Crippen LogP contribution >= 0.6 is 0 Å². The fraction of sp³-hybridized carbons (Fsp3) is 0.625. The van der Waals surface area contributed by atoms with Crippen LogP contribution in [-0.2, 0) is 17.5 Å². The van der Waals surface area contributed by atoms with E-state index in [1.165, 1.54) is 0 Å². The third-order valence-electron chi connectivity index (χ3n) is 1.92. The average molecular weight is 307 g/mol. The molecule has 0 radical (unpaired) electrons. The van der Waals surface area contributed by atoms with Gasteiger partial charge in [0, 0.05) is 0 Å². The van der Waals surface area contributed by atoms with E-state index >= 15 is 0 Å².